The van der Waals surface area contributed by atoms with Gasteiger partial charge < -0.3 is 10.2 Å². The third kappa shape index (κ3) is 9.91. The highest BCUT2D eigenvalue weighted by Crippen LogP contribution is 2.33. The molecule has 0 spiro atoms. The Morgan fingerprint density at radius 1 is 0.933 bits per heavy atom. The molecule has 0 atom stereocenters. The molecule has 1 aromatic carbocycles. The van der Waals surface area contributed by atoms with Crippen LogP contribution in [-0.2, 0) is 16.1 Å². The van der Waals surface area contributed by atoms with Gasteiger partial charge in [0.2, 0.25) is 0 Å². The largest absolute Gasteiger partial charge is 0.398 e. The van der Waals surface area contributed by atoms with E-state index in [2.05, 4.69) is 48.6 Å². The van der Waals surface area contributed by atoms with Crippen LogP contribution in [0.25, 0.3) is 0 Å². The van der Waals surface area contributed by atoms with Gasteiger partial charge in [-0.2, -0.15) is 0 Å². The highest BCUT2D eigenvalue weighted by molar-refractivity contribution is 6.45. The van der Waals surface area contributed by atoms with Crippen molar-refractivity contribution in [1.82, 2.24) is 5.32 Å². The van der Waals surface area contributed by atoms with Gasteiger partial charge in [-0.25, -0.2) is 0 Å². The smallest absolute Gasteiger partial charge is 0.273 e. The number of aryl methyl sites for hydroxylation is 1. The number of nitrogens with zero attached hydrogens (tertiary/aromatic N) is 1. The molecule has 170 valence electrons. The molecular weight excluding hydrogens is 372 g/mol. The normalized spacial score (nSPS) is 13.1. The Bertz CT molecular complexity index is 686. The van der Waals surface area contributed by atoms with Crippen LogP contribution in [0.1, 0.15) is 80.2 Å². The van der Waals surface area contributed by atoms with Crippen molar-refractivity contribution in [2.75, 3.05) is 14.2 Å². The van der Waals surface area contributed by atoms with Gasteiger partial charge in [-0.1, -0.05) is 93.7 Å². The molecule has 0 aliphatic heterocycles. The molecule has 1 amide bonds. The SMILES string of the molecule is CC.CC.CC.CNC(=O)/C(=N\OC)C1=C(CCc2ccccc2)CC(C)=C(C)C1. The van der Waals surface area contributed by atoms with Crippen LogP contribution < -0.4 is 5.32 Å². The van der Waals surface area contributed by atoms with Gasteiger partial charge in [0.25, 0.3) is 5.91 Å². The minimum Gasteiger partial charge on any atom is -0.398 e. The lowest BCUT2D eigenvalue weighted by Crippen LogP contribution is -2.30. The van der Waals surface area contributed by atoms with Gasteiger partial charge in [-0.05, 0) is 50.7 Å². The molecule has 4 heteroatoms. The van der Waals surface area contributed by atoms with Gasteiger partial charge in [-0.3, -0.25) is 4.79 Å². The lowest BCUT2D eigenvalue weighted by molar-refractivity contribution is -0.114. The van der Waals surface area contributed by atoms with E-state index in [1.54, 1.807) is 7.05 Å². The minimum atomic E-state index is -0.198. The first kappa shape index (κ1) is 29.8. The third-order valence-corrected chi connectivity index (χ3v) is 4.54. The van der Waals surface area contributed by atoms with Crippen molar-refractivity contribution in [3.05, 3.63) is 58.2 Å². The maximum Gasteiger partial charge on any atom is 0.273 e. The van der Waals surface area contributed by atoms with E-state index >= 15 is 0 Å². The van der Waals surface area contributed by atoms with Crippen molar-refractivity contribution >= 4 is 11.6 Å². The lowest BCUT2D eigenvalue weighted by atomic mass is 9.82. The van der Waals surface area contributed by atoms with E-state index in [1.807, 2.05) is 47.6 Å². The van der Waals surface area contributed by atoms with Gasteiger partial charge >= 0.3 is 0 Å². The van der Waals surface area contributed by atoms with Gasteiger partial charge in [-0.15, -0.1) is 0 Å². The first-order valence-corrected chi connectivity index (χ1v) is 11.3. The molecule has 30 heavy (non-hydrogen) atoms. The number of allylic oxidation sites excluding steroid dienone is 3. The molecule has 1 aliphatic rings. The fourth-order valence-electron chi connectivity index (χ4n) is 2.99. The Labute approximate surface area is 185 Å². The summed E-state index contributed by atoms with van der Waals surface area (Å²) in [5.74, 6) is -0.198. The second-order valence-corrected chi connectivity index (χ2v) is 6.18. The van der Waals surface area contributed by atoms with E-state index in [0.29, 0.717) is 5.71 Å². The van der Waals surface area contributed by atoms with Gasteiger partial charge in [0, 0.05) is 7.05 Å². The van der Waals surface area contributed by atoms with E-state index in [4.69, 9.17) is 4.84 Å². The number of oxime groups is 1. The van der Waals surface area contributed by atoms with E-state index in [0.717, 1.165) is 31.3 Å². The topological polar surface area (TPSA) is 50.7 Å². The number of rotatable bonds is 6. The van der Waals surface area contributed by atoms with Crippen LogP contribution in [0.4, 0.5) is 0 Å². The second-order valence-electron chi connectivity index (χ2n) is 6.18. The molecular formula is C26H44N2O2. The number of nitrogens with one attached hydrogen (secondary N) is 1. The summed E-state index contributed by atoms with van der Waals surface area (Å²) in [7, 11) is 3.10. The Kier molecular flexibility index (Phi) is 18.6. The Hall–Kier alpha value is -2.36. The van der Waals surface area contributed by atoms with E-state index in [1.165, 1.54) is 29.4 Å². The Morgan fingerprint density at radius 3 is 1.97 bits per heavy atom. The molecule has 1 aromatic rings. The summed E-state index contributed by atoms with van der Waals surface area (Å²) in [5, 5.41) is 6.68. The maximum absolute atomic E-state index is 12.2. The molecule has 0 radical (unpaired) electrons. The molecule has 0 aromatic heterocycles. The molecule has 0 saturated carbocycles. The number of hydrogen-bond donors (Lipinski definition) is 1. The molecule has 0 unspecified atom stereocenters. The van der Waals surface area contributed by atoms with Crippen molar-refractivity contribution in [1.29, 1.82) is 0 Å². The molecule has 1 aliphatic carbocycles. The second kappa shape index (κ2) is 18.7. The zero-order chi connectivity index (χ0) is 23.5. The zero-order valence-corrected chi connectivity index (χ0v) is 21.0. The van der Waals surface area contributed by atoms with Crippen LogP contribution in [0.2, 0.25) is 0 Å². The standard InChI is InChI=1S/C20H26N2O2.3C2H6/c1-14-12-17(11-10-16-8-6-5-7-9-16)18(13-15(14)2)19(22-24-4)20(23)21-3;3*1-2/h5-9H,10-13H2,1-4H3,(H,21,23);3*1-2H3/b22-19-;;;. The Balaban J connectivity index is 0. The van der Waals surface area contributed by atoms with E-state index in [-0.39, 0.29) is 5.91 Å². The molecule has 0 fully saturated rings. The van der Waals surface area contributed by atoms with Crippen molar-refractivity contribution in [3.63, 3.8) is 0 Å². The molecule has 0 heterocycles. The molecule has 2 rings (SSSR count). The van der Waals surface area contributed by atoms with Gasteiger partial charge in [0.05, 0.1) is 0 Å². The predicted molar refractivity (Wildman–Crippen MR) is 132 cm³/mol. The summed E-state index contributed by atoms with van der Waals surface area (Å²) in [6.45, 7) is 16.3. The van der Waals surface area contributed by atoms with Crippen molar-refractivity contribution in [2.24, 2.45) is 5.16 Å². The van der Waals surface area contributed by atoms with Crippen LogP contribution in [0.3, 0.4) is 0 Å². The fraction of sp³-hybridized carbons (Fsp3) is 0.538. The average molecular weight is 417 g/mol. The highest BCUT2D eigenvalue weighted by Gasteiger charge is 2.24. The molecule has 0 bridgehead atoms. The number of carbonyl (C=O) groups excluding carboxylic acids is 1. The van der Waals surface area contributed by atoms with Crippen LogP contribution in [0.15, 0.2) is 57.8 Å². The number of carbonyl (C=O) groups is 1. The van der Waals surface area contributed by atoms with Crippen molar-refractivity contribution < 1.29 is 9.63 Å². The quantitative estimate of drug-likeness (QED) is 0.312. The number of amides is 1. The average Bonchev–Trinajstić information content (AvgIpc) is 2.82. The minimum absolute atomic E-state index is 0.198. The highest BCUT2D eigenvalue weighted by atomic mass is 16.6. The summed E-state index contributed by atoms with van der Waals surface area (Å²) in [6, 6.07) is 10.4. The summed E-state index contributed by atoms with van der Waals surface area (Å²) in [5.41, 5.74) is 6.68. The zero-order valence-electron chi connectivity index (χ0n) is 21.0. The van der Waals surface area contributed by atoms with Gasteiger partial charge in [0.1, 0.15) is 7.11 Å². The third-order valence-electron chi connectivity index (χ3n) is 4.54. The summed E-state index contributed by atoms with van der Waals surface area (Å²) >= 11 is 0. The van der Waals surface area contributed by atoms with Crippen molar-refractivity contribution in [2.45, 2.75) is 81.1 Å². The predicted octanol–water partition coefficient (Wildman–Crippen LogP) is 6.87. The van der Waals surface area contributed by atoms with Crippen LogP contribution in [0, 0.1) is 0 Å². The van der Waals surface area contributed by atoms with E-state index < -0.39 is 0 Å². The van der Waals surface area contributed by atoms with E-state index in [9.17, 15) is 4.79 Å². The lowest BCUT2D eigenvalue weighted by Gasteiger charge is -2.23. The van der Waals surface area contributed by atoms with Crippen LogP contribution >= 0.6 is 0 Å². The monoisotopic (exact) mass is 416 g/mol. The molecule has 1 N–H and O–H groups in total. The summed E-state index contributed by atoms with van der Waals surface area (Å²) in [6.07, 6.45) is 3.53. The van der Waals surface area contributed by atoms with Crippen molar-refractivity contribution in [3.8, 4) is 0 Å². The number of hydrogen-bond acceptors (Lipinski definition) is 3. The number of benzene rings is 1. The Morgan fingerprint density at radius 2 is 1.47 bits per heavy atom. The first-order valence-electron chi connectivity index (χ1n) is 11.3. The molecule has 0 saturated heterocycles. The fourth-order valence-corrected chi connectivity index (χ4v) is 2.99. The van der Waals surface area contributed by atoms with Crippen LogP contribution in [0.5, 0.6) is 0 Å². The van der Waals surface area contributed by atoms with Gasteiger partial charge in [0.15, 0.2) is 5.71 Å². The summed E-state index contributed by atoms with van der Waals surface area (Å²) in [4.78, 5) is 17.2. The molecule has 4 nitrogen and oxygen atoms in total. The first-order chi connectivity index (χ1) is 14.6. The summed E-state index contributed by atoms with van der Waals surface area (Å²) < 4.78 is 0. The van der Waals surface area contributed by atoms with Crippen LogP contribution in [-0.4, -0.2) is 25.8 Å². The maximum atomic E-state index is 12.2.